The molecule has 2 aromatic rings. The zero-order valence-electron chi connectivity index (χ0n) is 10.6. The van der Waals surface area contributed by atoms with E-state index in [1.54, 1.807) is 10.7 Å². The molecule has 96 valence electrons. The first kappa shape index (κ1) is 12.7. The average Bonchev–Trinajstić information content (AvgIpc) is 2.95. The van der Waals surface area contributed by atoms with Crippen molar-refractivity contribution in [2.75, 3.05) is 5.32 Å². The summed E-state index contributed by atoms with van der Waals surface area (Å²) in [4.78, 5) is 12.1. The Balaban J connectivity index is 2.16. The molecule has 0 fully saturated rings. The summed E-state index contributed by atoms with van der Waals surface area (Å²) in [6.45, 7) is 6.47. The maximum absolute atomic E-state index is 12.1. The molecule has 0 saturated heterocycles. The van der Waals surface area contributed by atoms with E-state index < -0.39 is 0 Å². The van der Waals surface area contributed by atoms with Gasteiger partial charge in [-0.25, -0.2) is 0 Å². The van der Waals surface area contributed by atoms with E-state index in [0.717, 1.165) is 17.1 Å². The molecule has 0 spiro atoms. The predicted octanol–water partition coefficient (Wildman–Crippen LogP) is 1.88. The number of rotatable bonds is 4. The van der Waals surface area contributed by atoms with E-state index in [4.69, 9.17) is 0 Å². The van der Waals surface area contributed by atoms with Crippen molar-refractivity contribution in [2.45, 2.75) is 33.7 Å². The van der Waals surface area contributed by atoms with E-state index in [2.05, 4.69) is 20.6 Å². The quantitative estimate of drug-likeness (QED) is 0.916. The number of carbonyl (C=O) groups is 1. The highest BCUT2D eigenvalue weighted by Crippen LogP contribution is 2.16. The van der Waals surface area contributed by atoms with Gasteiger partial charge in [-0.2, -0.15) is 5.10 Å². The normalized spacial score (nSPS) is 10.6. The van der Waals surface area contributed by atoms with E-state index in [1.807, 2.05) is 20.8 Å². The number of nitrogens with zero attached hydrogens (tertiary/aromatic N) is 4. The molecule has 0 saturated carbocycles. The average molecular weight is 265 g/mol. The highest BCUT2D eigenvalue weighted by molar-refractivity contribution is 7.15. The molecule has 1 N–H and O–H groups in total. The standard InChI is InChI=1S/C11H15N5OS/c1-4-9-13-14-11(18-9)12-10(17)8-6-7(3)15-16(8)5-2/h6H,4-5H2,1-3H3,(H,12,14,17). The number of hydrogen-bond acceptors (Lipinski definition) is 5. The van der Waals surface area contributed by atoms with E-state index in [9.17, 15) is 4.79 Å². The van der Waals surface area contributed by atoms with Gasteiger partial charge in [-0.3, -0.25) is 14.8 Å². The van der Waals surface area contributed by atoms with E-state index >= 15 is 0 Å². The highest BCUT2D eigenvalue weighted by Gasteiger charge is 2.15. The molecule has 0 atom stereocenters. The Labute approximate surface area is 109 Å². The second kappa shape index (κ2) is 5.26. The van der Waals surface area contributed by atoms with Crippen molar-refractivity contribution in [3.63, 3.8) is 0 Å². The first-order valence-corrected chi connectivity index (χ1v) is 6.63. The lowest BCUT2D eigenvalue weighted by molar-refractivity contribution is 0.101. The van der Waals surface area contributed by atoms with Gasteiger partial charge in [0.15, 0.2) is 0 Å². The lowest BCUT2D eigenvalue weighted by Gasteiger charge is -2.03. The summed E-state index contributed by atoms with van der Waals surface area (Å²) in [7, 11) is 0. The topological polar surface area (TPSA) is 72.7 Å². The number of amides is 1. The van der Waals surface area contributed by atoms with Crippen LogP contribution in [0.5, 0.6) is 0 Å². The summed E-state index contributed by atoms with van der Waals surface area (Å²) in [5, 5.41) is 16.3. The lowest BCUT2D eigenvalue weighted by Crippen LogP contribution is -2.17. The predicted molar refractivity (Wildman–Crippen MR) is 69.9 cm³/mol. The summed E-state index contributed by atoms with van der Waals surface area (Å²) in [6.07, 6.45) is 0.819. The molecular formula is C11H15N5OS. The van der Waals surface area contributed by atoms with E-state index in [-0.39, 0.29) is 5.91 Å². The zero-order valence-corrected chi connectivity index (χ0v) is 11.4. The maximum atomic E-state index is 12.1. The molecule has 1 amide bonds. The number of carbonyl (C=O) groups excluding carboxylic acids is 1. The summed E-state index contributed by atoms with van der Waals surface area (Å²) in [6, 6.07) is 1.76. The first-order chi connectivity index (χ1) is 8.63. The fourth-order valence-corrected chi connectivity index (χ4v) is 2.25. The number of nitrogens with one attached hydrogen (secondary N) is 1. The number of aryl methyl sites for hydroxylation is 3. The highest BCUT2D eigenvalue weighted by atomic mass is 32.1. The Kier molecular flexibility index (Phi) is 3.71. The van der Waals surface area contributed by atoms with Crippen LogP contribution in [0.25, 0.3) is 0 Å². The van der Waals surface area contributed by atoms with Gasteiger partial charge in [-0.15, -0.1) is 10.2 Å². The summed E-state index contributed by atoms with van der Waals surface area (Å²) in [5.74, 6) is -0.198. The van der Waals surface area contributed by atoms with Crippen LogP contribution in [-0.2, 0) is 13.0 Å². The molecule has 0 aromatic carbocycles. The van der Waals surface area contributed by atoms with Crippen LogP contribution in [0.15, 0.2) is 6.07 Å². The van der Waals surface area contributed by atoms with Crippen LogP contribution in [0.2, 0.25) is 0 Å². The third kappa shape index (κ3) is 2.56. The van der Waals surface area contributed by atoms with Crippen molar-refractivity contribution in [3.05, 3.63) is 22.5 Å². The summed E-state index contributed by atoms with van der Waals surface area (Å²) < 4.78 is 1.67. The minimum absolute atomic E-state index is 0.198. The second-order valence-corrected chi connectivity index (χ2v) is 4.86. The van der Waals surface area contributed by atoms with Crippen LogP contribution in [0, 0.1) is 6.92 Å². The Hall–Kier alpha value is -1.76. The minimum Gasteiger partial charge on any atom is -0.295 e. The first-order valence-electron chi connectivity index (χ1n) is 5.82. The summed E-state index contributed by atoms with van der Waals surface area (Å²) >= 11 is 1.39. The molecule has 0 bridgehead atoms. The fourth-order valence-electron chi connectivity index (χ4n) is 1.58. The van der Waals surface area contributed by atoms with Crippen molar-refractivity contribution >= 4 is 22.4 Å². The van der Waals surface area contributed by atoms with Gasteiger partial charge in [0.25, 0.3) is 5.91 Å². The molecular weight excluding hydrogens is 250 g/mol. The third-order valence-corrected chi connectivity index (χ3v) is 3.41. The van der Waals surface area contributed by atoms with Crippen molar-refractivity contribution in [1.29, 1.82) is 0 Å². The number of hydrogen-bond donors (Lipinski definition) is 1. The molecule has 0 radical (unpaired) electrons. The minimum atomic E-state index is -0.198. The molecule has 0 aliphatic carbocycles. The van der Waals surface area contributed by atoms with Crippen LogP contribution < -0.4 is 5.32 Å². The van der Waals surface area contributed by atoms with Crippen molar-refractivity contribution in [1.82, 2.24) is 20.0 Å². The third-order valence-electron chi connectivity index (χ3n) is 2.42. The second-order valence-electron chi connectivity index (χ2n) is 3.80. The van der Waals surface area contributed by atoms with Gasteiger partial charge >= 0.3 is 0 Å². The Morgan fingerprint density at radius 2 is 2.22 bits per heavy atom. The van der Waals surface area contributed by atoms with Gasteiger partial charge in [-0.05, 0) is 26.3 Å². The number of aromatic nitrogens is 4. The molecule has 6 nitrogen and oxygen atoms in total. The molecule has 7 heteroatoms. The zero-order chi connectivity index (χ0) is 13.1. The monoisotopic (exact) mass is 265 g/mol. The van der Waals surface area contributed by atoms with Gasteiger partial charge < -0.3 is 0 Å². The van der Waals surface area contributed by atoms with Gasteiger partial charge in [0, 0.05) is 6.54 Å². The molecule has 2 rings (SSSR count). The van der Waals surface area contributed by atoms with Gasteiger partial charge in [-0.1, -0.05) is 18.3 Å². The smallest absolute Gasteiger partial charge is 0.275 e. The molecule has 0 aliphatic rings. The molecule has 2 aromatic heterocycles. The van der Waals surface area contributed by atoms with Crippen molar-refractivity contribution in [2.24, 2.45) is 0 Å². The van der Waals surface area contributed by atoms with Crippen LogP contribution in [-0.4, -0.2) is 25.9 Å². The Morgan fingerprint density at radius 3 is 2.83 bits per heavy atom. The van der Waals surface area contributed by atoms with Crippen molar-refractivity contribution < 1.29 is 4.79 Å². The van der Waals surface area contributed by atoms with Crippen LogP contribution in [0.1, 0.15) is 35.0 Å². The van der Waals surface area contributed by atoms with Gasteiger partial charge in [0.2, 0.25) is 5.13 Å². The molecule has 2 heterocycles. The lowest BCUT2D eigenvalue weighted by atomic mass is 10.3. The summed E-state index contributed by atoms with van der Waals surface area (Å²) in [5.41, 5.74) is 1.37. The Bertz CT molecular complexity index is 560. The SMILES string of the molecule is CCc1nnc(NC(=O)c2cc(C)nn2CC)s1. The van der Waals surface area contributed by atoms with Crippen molar-refractivity contribution in [3.8, 4) is 0 Å². The fraction of sp³-hybridized carbons (Fsp3) is 0.455. The van der Waals surface area contributed by atoms with Gasteiger partial charge in [0.05, 0.1) is 5.69 Å². The molecule has 0 unspecified atom stereocenters. The van der Waals surface area contributed by atoms with E-state index in [0.29, 0.717) is 17.4 Å². The molecule has 18 heavy (non-hydrogen) atoms. The Morgan fingerprint density at radius 1 is 1.44 bits per heavy atom. The van der Waals surface area contributed by atoms with Crippen LogP contribution in [0.3, 0.4) is 0 Å². The van der Waals surface area contributed by atoms with Crippen LogP contribution >= 0.6 is 11.3 Å². The van der Waals surface area contributed by atoms with Gasteiger partial charge in [0.1, 0.15) is 10.7 Å². The molecule has 0 aliphatic heterocycles. The number of anilines is 1. The maximum Gasteiger partial charge on any atom is 0.275 e. The van der Waals surface area contributed by atoms with E-state index in [1.165, 1.54) is 11.3 Å². The largest absolute Gasteiger partial charge is 0.295 e. The van der Waals surface area contributed by atoms with Crippen LogP contribution in [0.4, 0.5) is 5.13 Å².